The lowest BCUT2D eigenvalue weighted by atomic mass is 10.1. The molecule has 1 aliphatic rings. The lowest BCUT2D eigenvalue weighted by Gasteiger charge is -2.44. The number of anilines is 1. The van der Waals surface area contributed by atoms with Gasteiger partial charge in [0.2, 0.25) is 11.5 Å². The highest BCUT2D eigenvalue weighted by molar-refractivity contribution is 5.89. The fourth-order valence-corrected chi connectivity index (χ4v) is 3.17. The summed E-state index contributed by atoms with van der Waals surface area (Å²) in [4.78, 5) is 31.3. The van der Waals surface area contributed by atoms with Crippen LogP contribution in [0.25, 0.3) is 0 Å². The second kappa shape index (κ2) is 8.73. The zero-order chi connectivity index (χ0) is 22.9. The van der Waals surface area contributed by atoms with Crippen LogP contribution >= 0.6 is 0 Å². The Labute approximate surface area is 173 Å². The Morgan fingerprint density at radius 3 is 2.20 bits per heavy atom. The predicted molar refractivity (Wildman–Crippen MR) is 101 cm³/mol. The van der Waals surface area contributed by atoms with Crippen LogP contribution in [-0.2, 0) is 15.7 Å². The summed E-state index contributed by atoms with van der Waals surface area (Å²) >= 11 is 0. The molecule has 0 aromatic carbocycles. The molecule has 1 fully saturated rings. The molecule has 30 heavy (non-hydrogen) atoms. The number of esters is 1. The minimum atomic E-state index is -4.90. The maximum absolute atomic E-state index is 13.3. The molecular weight excluding hydrogens is 407 g/mol. The molecule has 0 N–H and O–H groups in total. The molecule has 2 atom stereocenters. The number of rotatable bonds is 5. The van der Waals surface area contributed by atoms with Gasteiger partial charge in [0.25, 0.3) is 6.01 Å². The fourth-order valence-electron chi connectivity index (χ4n) is 3.17. The second-order valence-corrected chi connectivity index (χ2v) is 7.88. The molecular formula is C19H28F3N3O5. The van der Waals surface area contributed by atoms with Crippen molar-refractivity contribution in [2.24, 2.45) is 0 Å². The molecule has 170 valence electrons. The molecule has 11 heteroatoms. The van der Waals surface area contributed by atoms with Crippen molar-refractivity contribution < 1.29 is 36.7 Å². The molecule has 0 saturated carbocycles. The summed E-state index contributed by atoms with van der Waals surface area (Å²) in [6.45, 7) is 10.7. The van der Waals surface area contributed by atoms with E-state index in [1.165, 1.54) is 11.8 Å². The van der Waals surface area contributed by atoms with E-state index in [4.69, 9.17) is 9.15 Å². The standard InChI is InChI=1S/C19H28F3N3O5/c1-7-18(5,6)30-17(27)25-11(3)9-24(10-12(25)4)16-23-13(15(26)28-8-2)14(29-16)19(20,21)22/h11-12H,7-10H2,1-6H3/t11-,12+. The summed E-state index contributed by atoms with van der Waals surface area (Å²) in [7, 11) is 0. The van der Waals surface area contributed by atoms with Crippen LogP contribution in [-0.4, -0.2) is 59.3 Å². The van der Waals surface area contributed by atoms with Gasteiger partial charge in [0.1, 0.15) is 5.60 Å². The molecule has 1 aromatic rings. The van der Waals surface area contributed by atoms with Crippen molar-refractivity contribution in [2.45, 2.75) is 71.8 Å². The van der Waals surface area contributed by atoms with E-state index < -0.39 is 35.3 Å². The first-order chi connectivity index (χ1) is 13.8. The Morgan fingerprint density at radius 1 is 1.17 bits per heavy atom. The smallest absolute Gasteiger partial charge is 0.452 e. The highest BCUT2D eigenvalue weighted by atomic mass is 19.4. The van der Waals surface area contributed by atoms with E-state index >= 15 is 0 Å². The zero-order valence-electron chi connectivity index (χ0n) is 18.0. The number of ether oxygens (including phenoxy) is 2. The van der Waals surface area contributed by atoms with Crippen molar-refractivity contribution in [1.29, 1.82) is 0 Å². The first-order valence-electron chi connectivity index (χ1n) is 9.82. The maximum Gasteiger partial charge on any atom is 0.452 e. The zero-order valence-corrected chi connectivity index (χ0v) is 18.0. The Bertz CT molecular complexity index is 766. The van der Waals surface area contributed by atoms with Crippen molar-refractivity contribution >= 4 is 18.1 Å². The largest absolute Gasteiger partial charge is 0.461 e. The summed E-state index contributed by atoms with van der Waals surface area (Å²) < 4.78 is 55.1. The third-order valence-corrected chi connectivity index (χ3v) is 4.96. The number of alkyl halides is 3. The summed E-state index contributed by atoms with van der Waals surface area (Å²) in [5.74, 6) is -2.70. The number of halogens is 3. The summed E-state index contributed by atoms with van der Waals surface area (Å²) in [5, 5.41) is 0. The van der Waals surface area contributed by atoms with Crippen molar-refractivity contribution in [1.82, 2.24) is 9.88 Å². The number of hydrogen-bond acceptors (Lipinski definition) is 7. The van der Waals surface area contributed by atoms with E-state index in [0.717, 1.165) is 0 Å². The third kappa shape index (κ3) is 5.17. The van der Waals surface area contributed by atoms with Crippen LogP contribution in [0.5, 0.6) is 0 Å². The van der Waals surface area contributed by atoms with Gasteiger partial charge in [0.15, 0.2) is 0 Å². The van der Waals surface area contributed by atoms with Crippen LogP contribution < -0.4 is 4.90 Å². The van der Waals surface area contributed by atoms with E-state index in [-0.39, 0.29) is 37.8 Å². The number of nitrogens with zero attached hydrogens (tertiary/aromatic N) is 3. The van der Waals surface area contributed by atoms with Crippen molar-refractivity contribution in [3.05, 3.63) is 11.5 Å². The first-order valence-corrected chi connectivity index (χ1v) is 9.82. The predicted octanol–water partition coefficient (Wildman–Crippen LogP) is 4.09. The number of oxazole rings is 1. The van der Waals surface area contributed by atoms with Gasteiger partial charge in [-0.15, -0.1) is 0 Å². The number of piperazine rings is 1. The van der Waals surface area contributed by atoms with E-state index in [9.17, 15) is 22.8 Å². The number of amides is 1. The first kappa shape index (κ1) is 23.8. The van der Waals surface area contributed by atoms with Crippen molar-refractivity contribution in [3.8, 4) is 0 Å². The molecule has 1 saturated heterocycles. The highest BCUT2D eigenvalue weighted by Gasteiger charge is 2.44. The van der Waals surface area contributed by atoms with Crippen LogP contribution in [0.15, 0.2) is 4.42 Å². The molecule has 0 unspecified atom stereocenters. The number of carbonyl (C=O) groups excluding carboxylic acids is 2. The average Bonchev–Trinajstić information content (AvgIpc) is 3.07. The normalized spacial score (nSPS) is 20.3. The van der Waals surface area contributed by atoms with Crippen LogP contribution in [0, 0.1) is 0 Å². The van der Waals surface area contributed by atoms with E-state index in [0.29, 0.717) is 6.42 Å². The molecule has 0 radical (unpaired) electrons. The van der Waals surface area contributed by atoms with Gasteiger partial charge in [-0.25, -0.2) is 9.59 Å². The second-order valence-electron chi connectivity index (χ2n) is 7.88. The quantitative estimate of drug-likeness (QED) is 0.644. The number of carbonyl (C=O) groups is 2. The van der Waals surface area contributed by atoms with Gasteiger partial charge < -0.3 is 18.8 Å². The van der Waals surface area contributed by atoms with Gasteiger partial charge in [-0.3, -0.25) is 4.90 Å². The van der Waals surface area contributed by atoms with Gasteiger partial charge in [0.05, 0.1) is 18.7 Å². The van der Waals surface area contributed by atoms with Crippen molar-refractivity contribution in [3.63, 3.8) is 0 Å². The van der Waals surface area contributed by atoms with Crippen molar-refractivity contribution in [2.75, 3.05) is 24.6 Å². The van der Waals surface area contributed by atoms with E-state index in [1.54, 1.807) is 32.6 Å². The van der Waals surface area contributed by atoms with Gasteiger partial charge >= 0.3 is 18.2 Å². The Morgan fingerprint density at radius 2 is 1.73 bits per heavy atom. The van der Waals surface area contributed by atoms with Gasteiger partial charge in [-0.1, -0.05) is 6.92 Å². The molecule has 0 bridgehead atoms. The maximum atomic E-state index is 13.3. The van der Waals surface area contributed by atoms with Crippen LogP contribution in [0.3, 0.4) is 0 Å². The lowest BCUT2D eigenvalue weighted by molar-refractivity contribution is -0.153. The topological polar surface area (TPSA) is 85.1 Å². The molecule has 2 heterocycles. The molecule has 8 nitrogen and oxygen atoms in total. The van der Waals surface area contributed by atoms with Crippen LogP contribution in [0.2, 0.25) is 0 Å². The number of hydrogen-bond donors (Lipinski definition) is 0. The minimum Gasteiger partial charge on any atom is -0.461 e. The Balaban J connectivity index is 2.25. The van der Waals surface area contributed by atoms with E-state index in [1.807, 2.05) is 6.92 Å². The summed E-state index contributed by atoms with van der Waals surface area (Å²) in [6, 6.07) is -1.12. The third-order valence-electron chi connectivity index (χ3n) is 4.96. The highest BCUT2D eigenvalue weighted by Crippen LogP contribution is 2.36. The molecule has 1 aliphatic heterocycles. The van der Waals surface area contributed by atoms with Crippen LogP contribution in [0.4, 0.5) is 24.0 Å². The SMILES string of the molecule is CCOC(=O)c1nc(N2C[C@@H](C)N(C(=O)OC(C)(C)CC)[C@@H](C)C2)oc1C(F)(F)F. The Hall–Kier alpha value is -2.46. The van der Waals surface area contributed by atoms with Crippen LogP contribution in [0.1, 0.15) is 64.2 Å². The molecule has 1 aromatic heterocycles. The molecule has 1 amide bonds. The summed E-state index contributed by atoms with van der Waals surface area (Å²) in [5.41, 5.74) is -1.54. The van der Waals surface area contributed by atoms with Gasteiger partial charge in [-0.2, -0.15) is 18.2 Å². The molecule has 2 rings (SSSR count). The van der Waals surface area contributed by atoms with Gasteiger partial charge in [0, 0.05) is 13.1 Å². The fraction of sp³-hybridized carbons (Fsp3) is 0.737. The summed E-state index contributed by atoms with van der Waals surface area (Å²) in [6.07, 6.45) is -4.76. The molecule has 0 aliphatic carbocycles. The minimum absolute atomic E-state index is 0.0959. The van der Waals surface area contributed by atoms with E-state index in [2.05, 4.69) is 9.72 Å². The van der Waals surface area contributed by atoms with Gasteiger partial charge in [-0.05, 0) is 41.0 Å². The Kier molecular flexibility index (Phi) is 6.93. The number of aromatic nitrogens is 1. The lowest BCUT2D eigenvalue weighted by Crippen LogP contribution is -2.59. The molecule has 0 spiro atoms. The monoisotopic (exact) mass is 435 g/mol. The average molecular weight is 435 g/mol.